The van der Waals surface area contributed by atoms with Gasteiger partial charge in [-0.2, -0.15) is 13.2 Å². The summed E-state index contributed by atoms with van der Waals surface area (Å²) in [6.45, 7) is 0. The molecule has 3 aromatic rings. The summed E-state index contributed by atoms with van der Waals surface area (Å²) in [5.74, 6) is -8.17. The first-order chi connectivity index (χ1) is 18.0. The summed E-state index contributed by atoms with van der Waals surface area (Å²) in [6, 6.07) is 10.4. The second kappa shape index (κ2) is 9.03. The van der Waals surface area contributed by atoms with Crippen molar-refractivity contribution in [3.05, 3.63) is 53.6 Å². The third kappa shape index (κ3) is 3.53. The van der Waals surface area contributed by atoms with Crippen molar-refractivity contribution in [1.29, 1.82) is 0 Å². The third-order valence-electron chi connectivity index (χ3n) is 7.79. The largest absolute Gasteiger partial charge is 0.496 e. The van der Waals surface area contributed by atoms with Gasteiger partial charge in [-0.15, -0.1) is 0 Å². The number of anilines is 1. The van der Waals surface area contributed by atoms with E-state index in [1.807, 2.05) is 0 Å². The van der Waals surface area contributed by atoms with Gasteiger partial charge >= 0.3 is 12.1 Å². The molecule has 9 nitrogen and oxygen atoms in total. The third-order valence-corrected chi connectivity index (χ3v) is 7.79. The summed E-state index contributed by atoms with van der Waals surface area (Å²) in [5.41, 5.74) is 1.84. The number of nitrogens with zero attached hydrogens (tertiary/aromatic N) is 2. The van der Waals surface area contributed by atoms with Crippen LogP contribution >= 0.6 is 0 Å². The molecule has 38 heavy (non-hydrogen) atoms. The van der Waals surface area contributed by atoms with Crippen molar-refractivity contribution in [2.75, 3.05) is 12.4 Å². The van der Waals surface area contributed by atoms with Crippen LogP contribution in [0.2, 0.25) is 0 Å². The molecule has 1 aliphatic heterocycles. The standard InChI is InChI=1S/C26H25F3N4O5/c1-38-16-12-11-15-20(18(16)22(35)36)31-24-32-23(37)25(33(15)24,26(27,28)29)19(14-9-5-6-10-14)17(21(30)34)13-7-3-2-4-8-13/h2-4,7-8,11-12,14,17,19H,5-6,9-10H2,1H3,(H2,30,34)(H,35,36)(H,31,32,37). The van der Waals surface area contributed by atoms with E-state index in [0.29, 0.717) is 25.7 Å². The highest BCUT2D eigenvalue weighted by Gasteiger charge is 2.72. The van der Waals surface area contributed by atoms with Crippen LogP contribution in [0.25, 0.3) is 11.0 Å². The number of primary amides is 1. The first-order valence-electron chi connectivity index (χ1n) is 12.1. The Kier molecular flexibility index (Phi) is 6.07. The molecular weight excluding hydrogens is 505 g/mol. The van der Waals surface area contributed by atoms with Gasteiger partial charge in [0.25, 0.3) is 5.91 Å². The van der Waals surface area contributed by atoms with Crippen LogP contribution in [0.5, 0.6) is 5.75 Å². The Morgan fingerprint density at radius 2 is 1.84 bits per heavy atom. The van der Waals surface area contributed by atoms with Crippen LogP contribution in [0.1, 0.15) is 47.5 Å². The fourth-order valence-corrected chi connectivity index (χ4v) is 6.37. The lowest BCUT2D eigenvalue weighted by Crippen LogP contribution is -2.61. The van der Waals surface area contributed by atoms with Gasteiger partial charge in [0.2, 0.25) is 17.4 Å². The highest BCUT2D eigenvalue weighted by molar-refractivity contribution is 6.09. The lowest BCUT2D eigenvalue weighted by Gasteiger charge is -2.44. The zero-order valence-electron chi connectivity index (χ0n) is 20.3. The van der Waals surface area contributed by atoms with Crippen molar-refractivity contribution in [3.63, 3.8) is 0 Å². The number of nitrogens with one attached hydrogen (secondary N) is 1. The average molecular weight is 531 g/mol. The van der Waals surface area contributed by atoms with Gasteiger partial charge in [-0.3, -0.25) is 19.5 Å². The van der Waals surface area contributed by atoms with E-state index in [0.717, 1.165) is 4.57 Å². The van der Waals surface area contributed by atoms with Gasteiger partial charge < -0.3 is 15.6 Å². The summed E-state index contributed by atoms with van der Waals surface area (Å²) in [5, 5.41) is 12.1. The van der Waals surface area contributed by atoms with Crippen molar-refractivity contribution in [1.82, 2.24) is 9.55 Å². The average Bonchev–Trinajstić information content (AvgIpc) is 3.57. The maximum atomic E-state index is 15.6. The van der Waals surface area contributed by atoms with Gasteiger partial charge in [0.1, 0.15) is 16.8 Å². The first kappa shape index (κ1) is 25.6. The van der Waals surface area contributed by atoms with E-state index in [1.165, 1.54) is 31.4 Å². The fourth-order valence-electron chi connectivity index (χ4n) is 6.37. The lowest BCUT2D eigenvalue weighted by atomic mass is 9.65. The molecule has 2 amide bonds. The highest BCUT2D eigenvalue weighted by atomic mass is 19.4. The molecule has 3 unspecified atom stereocenters. The lowest BCUT2D eigenvalue weighted by molar-refractivity contribution is -0.229. The zero-order valence-corrected chi connectivity index (χ0v) is 20.3. The van der Waals surface area contributed by atoms with Crippen molar-refractivity contribution in [3.8, 4) is 5.75 Å². The Labute approximate surface area is 214 Å². The Morgan fingerprint density at radius 3 is 2.39 bits per heavy atom. The Balaban J connectivity index is 1.88. The molecule has 2 aliphatic rings. The predicted molar refractivity (Wildman–Crippen MR) is 130 cm³/mol. The minimum Gasteiger partial charge on any atom is -0.496 e. The van der Waals surface area contributed by atoms with Crippen LogP contribution in [-0.2, 0) is 15.1 Å². The Hall–Kier alpha value is -4.09. The van der Waals surface area contributed by atoms with Crippen molar-refractivity contribution >= 4 is 34.8 Å². The van der Waals surface area contributed by atoms with Crippen LogP contribution in [-0.4, -0.2) is 45.7 Å². The Bertz CT molecular complexity index is 1430. The minimum atomic E-state index is -5.21. The molecule has 200 valence electrons. The molecule has 1 saturated carbocycles. The summed E-state index contributed by atoms with van der Waals surface area (Å²) in [6.07, 6.45) is -3.22. The number of amides is 2. The van der Waals surface area contributed by atoms with Crippen LogP contribution in [0.15, 0.2) is 42.5 Å². The summed E-state index contributed by atoms with van der Waals surface area (Å²) in [7, 11) is 1.23. The van der Waals surface area contributed by atoms with E-state index in [2.05, 4.69) is 10.3 Å². The number of hydrogen-bond acceptors (Lipinski definition) is 5. The number of halogens is 3. The Morgan fingerprint density at radius 1 is 1.18 bits per heavy atom. The number of benzene rings is 2. The second-order valence-corrected chi connectivity index (χ2v) is 9.67. The summed E-state index contributed by atoms with van der Waals surface area (Å²) < 4.78 is 52.6. The van der Waals surface area contributed by atoms with Crippen LogP contribution in [0.3, 0.4) is 0 Å². The van der Waals surface area contributed by atoms with Gasteiger partial charge in [0, 0.05) is 5.92 Å². The molecule has 2 heterocycles. The number of carboxylic acid groups (broad SMARTS) is 1. The second-order valence-electron chi connectivity index (χ2n) is 9.67. The molecule has 5 rings (SSSR count). The molecule has 0 bridgehead atoms. The molecule has 0 saturated heterocycles. The van der Waals surface area contributed by atoms with Crippen LogP contribution in [0, 0.1) is 11.8 Å². The summed E-state index contributed by atoms with van der Waals surface area (Å²) >= 11 is 0. The highest BCUT2D eigenvalue weighted by Crippen LogP contribution is 2.58. The SMILES string of the molecule is COc1ccc2c(nc3n2C(C(C2CCCC2)C(C(N)=O)c2ccccc2)(C(F)(F)F)C(=O)N3)c1C(=O)O. The molecule has 0 spiro atoms. The molecule has 12 heteroatoms. The van der Waals surface area contributed by atoms with Crippen LogP contribution in [0.4, 0.5) is 19.1 Å². The zero-order chi connectivity index (χ0) is 27.4. The number of methoxy groups -OCH3 is 1. The van der Waals surface area contributed by atoms with Crippen molar-refractivity contribution in [2.45, 2.75) is 43.3 Å². The molecule has 1 fully saturated rings. The molecule has 0 radical (unpaired) electrons. The molecule has 2 aromatic carbocycles. The quantitative estimate of drug-likeness (QED) is 0.422. The minimum absolute atomic E-state index is 0.0997. The number of imidazole rings is 1. The number of carboxylic acids is 1. The topological polar surface area (TPSA) is 137 Å². The number of ether oxygens (including phenoxy) is 1. The number of carbonyl (C=O) groups excluding carboxylic acids is 2. The van der Waals surface area contributed by atoms with E-state index < -0.39 is 58.8 Å². The number of carbonyl (C=O) groups is 3. The predicted octanol–water partition coefficient (Wildman–Crippen LogP) is 4.03. The maximum absolute atomic E-state index is 15.6. The van der Waals surface area contributed by atoms with Gasteiger partial charge in [0.15, 0.2) is 0 Å². The fraction of sp³-hybridized carbons (Fsp3) is 0.385. The molecule has 3 atom stereocenters. The number of aromatic carboxylic acids is 1. The number of nitrogens with two attached hydrogens (primary N) is 1. The maximum Gasteiger partial charge on any atom is 0.421 e. The summed E-state index contributed by atoms with van der Waals surface area (Å²) in [4.78, 5) is 42.8. The van der Waals surface area contributed by atoms with E-state index in [-0.39, 0.29) is 22.3 Å². The molecule has 1 aromatic heterocycles. The monoisotopic (exact) mass is 530 g/mol. The van der Waals surface area contributed by atoms with Gasteiger partial charge in [-0.25, -0.2) is 9.78 Å². The van der Waals surface area contributed by atoms with Crippen molar-refractivity contribution in [2.24, 2.45) is 17.6 Å². The molecular formula is C26H25F3N4O5. The van der Waals surface area contributed by atoms with E-state index >= 15 is 13.2 Å². The van der Waals surface area contributed by atoms with E-state index in [1.54, 1.807) is 18.2 Å². The first-order valence-corrected chi connectivity index (χ1v) is 12.1. The number of aromatic nitrogens is 2. The normalized spacial score (nSPS) is 21.2. The van der Waals surface area contributed by atoms with E-state index in [4.69, 9.17) is 10.5 Å². The van der Waals surface area contributed by atoms with E-state index in [9.17, 15) is 19.5 Å². The number of rotatable bonds is 7. The van der Waals surface area contributed by atoms with Gasteiger partial charge in [-0.1, -0.05) is 56.0 Å². The molecule has 1 aliphatic carbocycles. The van der Waals surface area contributed by atoms with Gasteiger partial charge in [0.05, 0.1) is 18.5 Å². The van der Waals surface area contributed by atoms with Crippen molar-refractivity contribution < 1.29 is 37.4 Å². The van der Waals surface area contributed by atoms with Gasteiger partial charge in [-0.05, 0) is 23.6 Å². The number of alkyl halides is 3. The molecule has 4 N–H and O–H groups in total. The number of fused-ring (bicyclic) bond motifs is 3. The smallest absolute Gasteiger partial charge is 0.421 e. The van der Waals surface area contributed by atoms with Crippen LogP contribution < -0.4 is 15.8 Å². The number of hydrogen-bond donors (Lipinski definition) is 3.